The van der Waals surface area contributed by atoms with Crippen LogP contribution >= 0.6 is 12.9 Å². The maximum atomic E-state index is 3.71. The highest BCUT2D eigenvalue weighted by molar-refractivity contribution is 9.24. The van der Waals surface area contributed by atoms with E-state index in [2.05, 4.69) is 56.3 Å². The minimum absolute atomic E-state index is 0.00497. The van der Waals surface area contributed by atoms with Crippen molar-refractivity contribution in [2.75, 3.05) is 0 Å². The van der Waals surface area contributed by atoms with Crippen molar-refractivity contribution in [2.24, 2.45) is 0 Å². The summed E-state index contributed by atoms with van der Waals surface area (Å²) in [5, 5.41) is 1.59. The summed E-state index contributed by atoms with van der Waals surface area (Å²) >= 11 is 3.70. The maximum absolute atomic E-state index is 3.71. The fourth-order valence-electron chi connectivity index (χ4n) is 0.966. The van der Waals surface area contributed by atoms with Crippen molar-refractivity contribution >= 4 is 41.2 Å². The first-order valence-electron chi connectivity index (χ1n) is 3.78. The van der Waals surface area contributed by atoms with Crippen molar-refractivity contribution < 1.29 is 0 Å². The van der Waals surface area contributed by atoms with Gasteiger partial charge in [-0.15, -0.1) is 0 Å². The van der Waals surface area contributed by atoms with Gasteiger partial charge in [0.2, 0.25) is 0 Å². The quantitative estimate of drug-likeness (QED) is 0.694. The van der Waals surface area contributed by atoms with E-state index in [1.807, 2.05) is 0 Å². The van der Waals surface area contributed by atoms with Crippen molar-refractivity contribution in [2.45, 2.75) is 13.1 Å². The lowest BCUT2D eigenvalue weighted by Gasteiger charge is -2.19. The smallest absolute Gasteiger partial charge is 0.311 e. The number of halogens is 1. The predicted molar refractivity (Wildman–Crippen MR) is 58.2 cm³/mol. The molecule has 1 aromatic rings. The zero-order valence-corrected chi connectivity index (χ0v) is 11.0. The van der Waals surface area contributed by atoms with Crippen molar-refractivity contribution in [3.05, 3.63) is 30.3 Å². The third-order valence-corrected chi connectivity index (χ3v) is 20.3. The summed E-state index contributed by atoms with van der Waals surface area (Å²) in [4.78, 5) is 0. The number of rotatable bonds is 2. The standard InChI is InChI=1S/C8H11Si.BrH.Mg/c1-9(2)8-6-4-3-5-7-8;;/h3-7H,1-2H3;1H;/q;;+1/p-1. The first-order chi connectivity index (χ1) is 5.17. The molecule has 11 heavy (non-hydrogen) atoms. The Morgan fingerprint density at radius 3 is 2.18 bits per heavy atom. The molecule has 1 rings (SSSR count). The van der Waals surface area contributed by atoms with Gasteiger partial charge in [-0.2, -0.15) is 0 Å². The van der Waals surface area contributed by atoms with Crippen molar-refractivity contribution in [3.63, 3.8) is 0 Å². The molecule has 0 saturated carbocycles. The van der Waals surface area contributed by atoms with Gasteiger partial charge in [0.15, 0.2) is 0 Å². The molecule has 0 aliphatic carbocycles. The molecule has 0 nitrogen and oxygen atoms in total. The molecule has 56 valence electrons. The van der Waals surface area contributed by atoms with Gasteiger partial charge in [0, 0.05) is 0 Å². The van der Waals surface area contributed by atoms with Crippen LogP contribution in [0.2, 0.25) is 13.1 Å². The fraction of sp³-hybridized carbons (Fsp3) is 0.250. The molecule has 0 amide bonds. The second-order valence-corrected chi connectivity index (χ2v) is 19.1. The van der Waals surface area contributed by atoms with E-state index in [9.17, 15) is 0 Å². The molecule has 0 aliphatic rings. The largest absolute Gasteiger partial charge is 0.470 e. The highest BCUT2D eigenvalue weighted by Crippen LogP contribution is 2.03. The van der Waals surface area contributed by atoms with E-state index in [-0.39, 0.29) is 17.4 Å². The van der Waals surface area contributed by atoms with Gasteiger partial charge in [-0.25, -0.2) is 0 Å². The molecule has 0 saturated heterocycles. The van der Waals surface area contributed by atoms with Gasteiger partial charge in [0.05, 0.1) is 0 Å². The van der Waals surface area contributed by atoms with E-state index in [0.717, 1.165) is 0 Å². The highest BCUT2D eigenvalue weighted by atomic mass is 79.9. The van der Waals surface area contributed by atoms with Crippen LogP contribution in [0.25, 0.3) is 0 Å². The van der Waals surface area contributed by atoms with E-state index in [4.69, 9.17) is 0 Å². The van der Waals surface area contributed by atoms with E-state index in [0.29, 0.717) is 0 Å². The predicted octanol–water partition coefficient (Wildman–Crippen LogP) is 2.11. The lowest BCUT2D eigenvalue weighted by atomic mass is 10.4. The summed E-state index contributed by atoms with van der Waals surface area (Å²) in [7, 11) is 0. The normalized spacial score (nSPS) is 10.8. The summed E-state index contributed by atoms with van der Waals surface area (Å²) in [6, 6.07) is 10.9. The number of hydrogen-bond acceptors (Lipinski definition) is 0. The summed E-state index contributed by atoms with van der Waals surface area (Å²) in [6.45, 7) is 4.87. The Balaban J connectivity index is 2.93. The van der Waals surface area contributed by atoms with E-state index in [1.54, 1.807) is 5.19 Å². The number of benzene rings is 1. The average molecular weight is 239 g/mol. The highest BCUT2D eigenvalue weighted by Gasteiger charge is 2.22. The Bertz CT molecular complexity index is 223. The zero-order valence-electron chi connectivity index (χ0n) is 6.97. The van der Waals surface area contributed by atoms with Gasteiger partial charge in [-0.1, -0.05) is 48.6 Å². The molecule has 1 aromatic carbocycles. The van der Waals surface area contributed by atoms with Crippen LogP contribution in [-0.2, 0) is 0 Å². The molecular formula is C8H11BrMgSi. The summed E-state index contributed by atoms with van der Waals surface area (Å²) < 4.78 is 0. The molecule has 0 heterocycles. The Morgan fingerprint density at radius 1 is 1.18 bits per heavy atom. The van der Waals surface area contributed by atoms with Crippen LogP contribution in [0.5, 0.6) is 0 Å². The molecule has 0 N–H and O–H groups in total. The van der Waals surface area contributed by atoms with Gasteiger partial charge in [0.1, 0.15) is 0 Å². The fourth-order valence-corrected chi connectivity index (χ4v) is 6.30. The number of hydrogen-bond donors (Lipinski definition) is 0. The zero-order chi connectivity index (χ0) is 8.32. The molecular weight excluding hydrogens is 228 g/mol. The van der Waals surface area contributed by atoms with Crippen LogP contribution in [0.4, 0.5) is 0 Å². The molecule has 0 aliphatic heterocycles. The molecule has 0 bridgehead atoms. The Morgan fingerprint density at radius 2 is 1.73 bits per heavy atom. The topological polar surface area (TPSA) is 0 Å². The first-order valence-corrected chi connectivity index (χ1v) is 13.0. The Hall–Kier alpha value is 0.683. The summed E-state index contributed by atoms with van der Waals surface area (Å²) in [5.41, 5.74) is -0.998. The van der Waals surface area contributed by atoms with Crippen LogP contribution in [0.15, 0.2) is 30.3 Å². The second kappa shape index (κ2) is 4.07. The minimum atomic E-state index is -0.998. The molecule has 0 spiro atoms. The molecule has 0 atom stereocenters. The molecule has 3 heteroatoms. The lowest BCUT2D eigenvalue weighted by molar-refractivity contribution is 1.73. The van der Waals surface area contributed by atoms with E-state index < -0.39 is 5.72 Å². The van der Waals surface area contributed by atoms with E-state index in [1.165, 1.54) is 0 Å². The molecule has 0 fully saturated rings. The molecule has 0 aromatic heterocycles. The van der Waals surface area contributed by atoms with E-state index >= 15 is 0 Å². The summed E-state index contributed by atoms with van der Waals surface area (Å²) in [6.07, 6.45) is 0. The first kappa shape index (κ1) is 9.77. The SMILES string of the molecule is C[Si](C)([Mg][Br])c1ccccc1. The Kier molecular flexibility index (Phi) is 3.62. The third-order valence-electron chi connectivity index (χ3n) is 1.89. The Labute approximate surface area is 84.1 Å². The van der Waals surface area contributed by atoms with Crippen LogP contribution in [0.3, 0.4) is 0 Å². The molecule has 0 radical (unpaired) electrons. The lowest BCUT2D eigenvalue weighted by Crippen LogP contribution is -2.45. The van der Waals surface area contributed by atoms with Crippen LogP contribution in [-0.4, -0.2) is 23.1 Å². The van der Waals surface area contributed by atoms with Crippen molar-refractivity contribution in [1.29, 1.82) is 0 Å². The van der Waals surface area contributed by atoms with Gasteiger partial charge in [-0.3, -0.25) is 0 Å². The van der Waals surface area contributed by atoms with Crippen molar-refractivity contribution in [1.82, 2.24) is 0 Å². The summed E-state index contributed by atoms with van der Waals surface area (Å²) in [5.74, 6) is 0. The van der Waals surface area contributed by atoms with Gasteiger partial charge < -0.3 is 12.9 Å². The second-order valence-electron chi connectivity index (χ2n) is 3.38. The van der Waals surface area contributed by atoms with Gasteiger partial charge in [0.25, 0.3) is 0 Å². The third kappa shape index (κ3) is 2.58. The monoisotopic (exact) mass is 238 g/mol. The average Bonchev–Trinajstić information content (AvgIpc) is 2.06. The van der Waals surface area contributed by atoms with Gasteiger partial charge in [-0.05, 0) is 5.72 Å². The van der Waals surface area contributed by atoms with Gasteiger partial charge >= 0.3 is 17.4 Å². The molecule has 0 unspecified atom stereocenters. The minimum Gasteiger partial charge on any atom is -0.311 e. The van der Waals surface area contributed by atoms with Crippen LogP contribution in [0, 0.1) is 0 Å². The maximum Gasteiger partial charge on any atom is 0.470 e. The van der Waals surface area contributed by atoms with Crippen LogP contribution < -0.4 is 5.19 Å². The van der Waals surface area contributed by atoms with Crippen molar-refractivity contribution in [3.8, 4) is 0 Å². The van der Waals surface area contributed by atoms with Crippen LogP contribution in [0.1, 0.15) is 0 Å².